The highest BCUT2D eigenvalue weighted by Crippen LogP contribution is 2.50. The molecule has 6 rings (SSSR count). The monoisotopic (exact) mass is 583 g/mol. The third-order valence-electron chi connectivity index (χ3n) is 8.43. The summed E-state index contributed by atoms with van der Waals surface area (Å²) in [7, 11) is 1.31. The number of esters is 2. The summed E-state index contributed by atoms with van der Waals surface area (Å²) in [5, 5.41) is 0.972. The molecule has 4 heterocycles. The van der Waals surface area contributed by atoms with E-state index in [1.54, 1.807) is 6.08 Å². The van der Waals surface area contributed by atoms with E-state index in [0.717, 1.165) is 27.7 Å². The number of carbonyl (C=O) groups excluding carboxylic acids is 4. The summed E-state index contributed by atoms with van der Waals surface area (Å²) in [6.45, 7) is 2.10. The Morgan fingerprint density at radius 1 is 1.07 bits per heavy atom. The number of allylic oxidation sites excluding steroid dienone is 2. The number of imide groups is 1. The van der Waals surface area contributed by atoms with Crippen molar-refractivity contribution in [2.24, 2.45) is 5.92 Å². The van der Waals surface area contributed by atoms with Crippen molar-refractivity contribution in [1.82, 2.24) is 14.4 Å². The van der Waals surface area contributed by atoms with Gasteiger partial charge in [-0.05, 0) is 47.6 Å². The van der Waals surface area contributed by atoms with Crippen LogP contribution >= 0.6 is 0 Å². The topological polar surface area (TPSA) is 107 Å². The lowest BCUT2D eigenvalue weighted by atomic mass is 9.77. The van der Waals surface area contributed by atoms with E-state index in [-0.39, 0.29) is 37.0 Å². The molecule has 4 atom stereocenters. The van der Waals surface area contributed by atoms with Crippen LogP contribution in [0.15, 0.2) is 84.6 Å². The summed E-state index contributed by atoms with van der Waals surface area (Å²) >= 11 is 0. The molecule has 3 aliphatic heterocycles. The van der Waals surface area contributed by atoms with Crippen LogP contribution in [0, 0.1) is 5.92 Å². The largest absolute Gasteiger partial charge is 0.466 e. The van der Waals surface area contributed by atoms with Gasteiger partial charge in [-0.15, -0.1) is 0 Å². The van der Waals surface area contributed by atoms with Gasteiger partial charge in [-0.25, -0.2) is 14.5 Å². The minimum absolute atomic E-state index is 0.119. The van der Waals surface area contributed by atoms with Crippen molar-refractivity contribution in [2.75, 3.05) is 26.9 Å². The average molecular weight is 584 g/mol. The number of hydrogen-bond donors (Lipinski definition) is 0. The average Bonchev–Trinajstić information content (AvgIpc) is 3.57. The summed E-state index contributed by atoms with van der Waals surface area (Å²) in [6, 6.07) is 18.3. The van der Waals surface area contributed by atoms with Crippen LogP contribution in [0.2, 0.25) is 0 Å². The Morgan fingerprint density at radius 3 is 2.60 bits per heavy atom. The first-order valence-electron chi connectivity index (χ1n) is 14.4. The number of cyclic esters (lactones) is 1. The second kappa shape index (κ2) is 11.8. The molecule has 0 unspecified atom stereocenters. The van der Waals surface area contributed by atoms with Gasteiger partial charge in [-0.2, -0.15) is 0 Å². The fourth-order valence-electron chi connectivity index (χ4n) is 6.54. The molecule has 1 saturated heterocycles. The number of amides is 2. The fraction of sp³-hybridized carbons (Fsp3) is 0.333. The number of benzene rings is 2. The molecule has 0 radical (unpaired) electrons. The van der Waals surface area contributed by atoms with E-state index in [0.29, 0.717) is 19.4 Å². The van der Waals surface area contributed by atoms with Gasteiger partial charge in [0.25, 0.3) is 5.91 Å². The zero-order valence-electron chi connectivity index (χ0n) is 24.0. The lowest BCUT2D eigenvalue weighted by Crippen LogP contribution is -2.50. The van der Waals surface area contributed by atoms with Crippen molar-refractivity contribution in [3.8, 4) is 0 Å². The summed E-state index contributed by atoms with van der Waals surface area (Å²) in [6.07, 6.45) is 5.31. The van der Waals surface area contributed by atoms with Crippen molar-refractivity contribution in [1.29, 1.82) is 0 Å². The van der Waals surface area contributed by atoms with E-state index in [4.69, 9.17) is 14.2 Å². The normalized spacial score (nSPS) is 22.7. The number of carbonyl (C=O) groups is 4. The van der Waals surface area contributed by atoms with E-state index in [1.807, 2.05) is 65.4 Å². The molecule has 0 aliphatic carbocycles. The van der Waals surface area contributed by atoms with Gasteiger partial charge in [0.2, 0.25) is 0 Å². The maximum Gasteiger partial charge on any atom is 0.417 e. The zero-order valence-corrected chi connectivity index (χ0v) is 24.0. The molecular weight excluding hydrogens is 550 g/mol. The Balaban J connectivity index is 1.44. The van der Waals surface area contributed by atoms with Crippen LogP contribution in [0.3, 0.4) is 0 Å². The van der Waals surface area contributed by atoms with Crippen molar-refractivity contribution in [2.45, 2.75) is 37.9 Å². The number of ether oxygens (including phenoxy) is 3. The van der Waals surface area contributed by atoms with Crippen molar-refractivity contribution in [3.05, 3.63) is 95.8 Å². The van der Waals surface area contributed by atoms with Gasteiger partial charge in [0.1, 0.15) is 19.3 Å². The molecule has 0 saturated carbocycles. The Morgan fingerprint density at radius 2 is 1.84 bits per heavy atom. The van der Waals surface area contributed by atoms with E-state index in [2.05, 4.69) is 11.0 Å². The van der Waals surface area contributed by atoms with E-state index < -0.39 is 24.1 Å². The molecule has 0 spiro atoms. The predicted molar refractivity (Wildman–Crippen MR) is 157 cm³/mol. The minimum Gasteiger partial charge on any atom is -0.466 e. The van der Waals surface area contributed by atoms with Gasteiger partial charge in [0.15, 0.2) is 0 Å². The zero-order chi connectivity index (χ0) is 30.1. The second-order valence-electron chi connectivity index (χ2n) is 11.0. The molecule has 3 aliphatic rings. The first kappa shape index (κ1) is 28.3. The molecule has 10 heteroatoms. The highest BCUT2D eigenvalue weighted by Gasteiger charge is 2.50. The number of para-hydroxylation sites is 1. The van der Waals surface area contributed by atoms with E-state index in [9.17, 15) is 19.2 Å². The van der Waals surface area contributed by atoms with Crippen molar-refractivity contribution in [3.63, 3.8) is 0 Å². The van der Waals surface area contributed by atoms with Gasteiger partial charge in [-0.1, -0.05) is 48.5 Å². The van der Waals surface area contributed by atoms with Crippen LogP contribution < -0.4 is 0 Å². The van der Waals surface area contributed by atoms with Crippen LogP contribution in [0.5, 0.6) is 0 Å². The number of aromatic nitrogens is 1. The Kier molecular flexibility index (Phi) is 7.75. The number of methoxy groups -OCH3 is 1. The first-order valence-corrected chi connectivity index (χ1v) is 14.4. The number of fused-ring (bicyclic) bond motifs is 6. The van der Waals surface area contributed by atoms with Gasteiger partial charge in [0, 0.05) is 36.3 Å². The molecule has 10 nitrogen and oxygen atoms in total. The van der Waals surface area contributed by atoms with Crippen LogP contribution in [-0.2, 0) is 35.0 Å². The standard InChI is InChI=1S/C33H33N3O7/c1-21(37)42-15-14-34-19-24(12-13-30(38)41-2)26-18-28(34)29-17-23-10-6-7-11-27(23)36(29)31(26)32(39)35-25(20-43-33(35)40)16-22-8-4-3-5-9-22/h3-13,17,19,25-26,28,31H,14-16,18,20H2,1-2H3/b13-12+/t25-,26-,28-,31+/m0/s1. The molecule has 43 heavy (non-hydrogen) atoms. The second-order valence-corrected chi connectivity index (χ2v) is 11.0. The first-order chi connectivity index (χ1) is 20.9. The molecular formula is C33H33N3O7. The summed E-state index contributed by atoms with van der Waals surface area (Å²) in [5.41, 5.74) is 3.54. The SMILES string of the molecule is COC(=O)/C=C/C1=CN(CCOC(C)=O)[C@H]2C[C@@H]1[C@H](C(=O)N1C(=O)OC[C@@H]1Cc1ccccc1)n1c2cc2ccccc21. The van der Waals surface area contributed by atoms with E-state index >= 15 is 0 Å². The maximum atomic E-state index is 14.7. The van der Waals surface area contributed by atoms with E-state index in [1.165, 1.54) is 25.0 Å². The van der Waals surface area contributed by atoms with Gasteiger partial charge in [-0.3, -0.25) is 9.59 Å². The third-order valence-corrected chi connectivity index (χ3v) is 8.43. The van der Waals surface area contributed by atoms with Crippen LogP contribution in [0.1, 0.15) is 36.7 Å². The highest BCUT2D eigenvalue weighted by atomic mass is 16.6. The Hall–Kier alpha value is -4.86. The van der Waals surface area contributed by atoms with Crippen LogP contribution in [0.4, 0.5) is 4.79 Å². The molecule has 3 aromatic rings. The van der Waals surface area contributed by atoms with Crippen molar-refractivity contribution >= 4 is 34.8 Å². The summed E-state index contributed by atoms with van der Waals surface area (Å²) in [4.78, 5) is 54.8. The fourth-order valence-corrected chi connectivity index (χ4v) is 6.54. The van der Waals surface area contributed by atoms with Gasteiger partial charge < -0.3 is 23.7 Å². The third kappa shape index (κ3) is 5.40. The molecule has 2 amide bonds. The van der Waals surface area contributed by atoms with Crippen LogP contribution in [-0.4, -0.2) is 71.2 Å². The molecule has 0 N–H and O–H groups in total. The summed E-state index contributed by atoms with van der Waals surface area (Å²) in [5.74, 6) is -1.60. The number of nitrogens with zero attached hydrogens (tertiary/aromatic N) is 3. The molecule has 2 aromatic carbocycles. The maximum absolute atomic E-state index is 14.7. The van der Waals surface area contributed by atoms with Crippen molar-refractivity contribution < 1.29 is 33.4 Å². The highest BCUT2D eigenvalue weighted by molar-refractivity contribution is 5.97. The minimum atomic E-state index is -0.765. The Labute approximate surface area is 249 Å². The lowest BCUT2D eigenvalue weighted by molar-refractivity contribution is -0.142. The molecule has 1 aromatic heterocycles. The van der Waals surface area contributed by atoms with Gasteiger partial charge >= 0.3 is 18.0 Å². The molecule has 1 fully saturated rings. The predicted octanol–water partition coefficient (Wildman–Crippen LogP) is 4.33. The molecule has 2 bridgehead atoms. The van der Waals surface area contributed by atoms with Crippen LogP contribution in [0.25, 0.3) is 10.9 Å². The smallest absolute Gasteiger partial charge is 0.417 e. The molecule has 222 valence electrons. The number of rotatable bonds is 8. The number of hydrogen-bond acceptors (Lipinski definition) is 8. The summed E-state index contributed by atoms with van der Waals surface area (Å²) < 4.78 is 17.6. The Bertz CT molecular complexity index is 1630. The lowest BCUT2D eigenvalue weighted by Gasteiger charge is -2.47. The quantitative estimate of drug-likeness (QED) is 0.219. The van der Waals surface area contributed by atoms with Gasteiger partial charge in [0.05, 0.1) is 25.7 Å².